The molecule has 0 bridgehead atoms. The molecule has 1 aromatic carbocycles. The number of benzene rings is 1. The summed E-state index contributed by atoms with van der Waals surface area (Å²) in [6.45, 7) is 0. The molecule has 0 spiro atoms. The maximum absolute atomic E-state index is 13.1. The summed E-state index contributed by atoms with van der Waals surface area (Å²) in [5.74, 6) is -1.72. The number of hydrogen-bond donors (Lipinski definition) is 1. The van der Waals surface area contributed by atoms with E-state index in [1.165, 1.54) is 19.2 Å². The number of sulfone groups is 1. The van der Waals surface area contributed by atoms with Gasteiger partial charge in [0.15, 0.2) is 9.84 Å². The van der Waals surface area contributed by atoms with Gasteiger partial charge in [0.2, 0.25) is 0 Å². The number of esters is 1. The zero-order chi connectivity index (χ0) is 14.9. The van der Waals surface area contributed by atoms with Crippen LogP contribution in [0.2, 0.25) is 5.02 Å². The summed E-state index contributed by atoms with van der Waals surface area (Å²) in [7, 11) is -2.22. The molecule has 1 fully saturated rings. The Balaban J connectivity index is 2.30. The van der Waals surface area contributed by atoms with Gasteiger partial charge in [-0.05, 0) is 17.7 Å². The first-order valence-corrected chi connectivity index (χ1v) is 8.01. The molecule has 0 aliphatic carbocycles. The Morgan fingerprint density at radius 2 is 2.15 bits per heavy atom. The number of carbonyl (C=O) groups excluding carboxylic acids is 1. The van der Waals surface area contributed by atoms with E-state index in [1.807, 2.05) is 0 Å². The molecule has 8 heteroatoms. The Labute approximate surface area is 121 Å². The standard InChI is InChI=1S/C12H13ClFNO4S/c1-19-12(16)11-6-20(17,18)5-10(15-11)7-2-3-9(14)8(13)4-7/h2-4,10-11,15H,5-6H2,1H3. The van der Waals surface area contributed by atoms with E-state index in [0.29, 0.717) is 5.56 Å². The third kappa shape index (κ3) is 3.28. The van der Waals surface area contributed by atoms with Crippen molar-refractivity contribution in [2.75, 3.05) is 18.6 Å². The number of halogens is 2. The van der Waals surface area contributed by atoms with Gasteiger partial charge < -0.3 is 4.74 Å². The Hall–Kier alpha value is -1.18. The average Bonchev–Trinajstić information content (AvgIpc) is 2.39. The first-order valence-electron chi connectivity index (χ1n) is 5.81. The van der Waals surface area contributed by atoms with Crippen LogP contribution in [0.25, 0.3) is 0 Å². The van der Waals surface area contributed by atoms with E-state index in [-0.39, 0.29) is 16.5 Å². The zero-order valence-electron chi connectivity index (χ0n) is 10.6. The lowest BCUT2D eigenvalue weighted by molar-refractivity contribution is -0.142. The Kier molecular flexibility index (Phi) is 4.31. The topological polar surface area (TPSA) is 72.5 Å². The second-order valence-electron chi connectivity index (χ2n) is 4.55. The Morgan fingerprint density at radius 3 is 2.75 bits per heavy atom. The van der Waals surface area contributed by atoms with Crippen LogP contribution in [0.5, 0.6) is 0 Å². The molecule has 0 aromatic heterocycles. The highest BCUT2D eigenvalue weighted by Crippen LogP contribution is 2.25. The number of ether oxygens (including phenoxy) is 1. The van der Waals surface area contributed by atoms with Crippen LogP contribution in [0.15, 0.2) is 18.2 Å². The molecule has 2 rings (SSSR count). The van der Waals surface area contributed by atoms with Gasteiger partial charge >= 0.3 is 5.97 Å². The molecular formula is C12H13ClFNO4S. The minimum atomic E-state index is -3.41. The van der Waals surface area contributed by atoms with Crippen molar-refractivity contribution < 1.29 is 22.3 Å². The molecule has 5 nitrogen and oxygen atoms in total. The molecule has 1 saturated heterocycles. The highest BCUT2D eigenvalue weighted by atomic mass is 35.5. The quantitative estimate of drug-likeness (QED) is 0.825. The smallest absolute Gasteiger partial charge is 0.323 e. The van der Waals surface area contributed by atoms with Gasteiger partial charge in [0, 0.05) is 6.04 Å². The molecule has 1 aliphatic heterocycles. The average molecular weight is 322 g/mol. The lowest BCUT2D eigenvalue weighted by Crippen LogP contribution is -2.51. The van der Waals surface area contributed by atoms with Gasteiger partial charge in [-0.25, -0.2) is 12.8 Å². The number of carbonyl (C=O) groups is 1. The number of rotatable bonds is 2. The molecule has 1 heterocycles. The van der Waals surface area contributed by atoms with E-state index >= 15 is 0 Å². The van der Waals surface area contributed by atoms with Gasteiger partial charge in [-0.15, -0.1) is 0 Å². The highest BCUT2D eigenvalue weighted by molar-refractivity contribution is 7.91. The predicted octanol–water partition coefficient (Wildman–Crippen LogP) is 1.08. The fourth-order valence-electron chi connectivity index (χ4n) is 2.11. The molecule has 2 unspecified atom stereocenters. The minimum absolute atomic E-state index is 0.0955. The van der Waals surface area contributed by atoms with E-state index in [9.17, 15) is 17.6 Å². The van der Waals surface area contributed by atoms with E-state index in [1.54, 1.807) is 0 Å². The van der Waals surface area contributed by atoms with Crippen molar-refractivity contribution >= 4 is 27.4 Å². The predicted molar refractivity (Wildman–Crippen MR) is 71.7 cm³/mol. The van der Waals surface area contributed by atoms with Gasteiger partial charge in [0.1, 0.15) is 11.9 Å². The van der Waals surface area contributed by atoms with Crippen LogP contribution in [0.4, 0.5) is 4.39 Å². The third-order valence-corrected chi connectivity index (χ3v) is 5.05. The largest absolute Gasteiger partial charge is 0.468 e. The number of nitrogens with one attached hydrogen (secondary N) is 1. The molecule has 0 amide bonds. The first-order chi connectivity index (χ1) is 9.32. The number of methoxy groups -OCH3 is 1. The van der Waals surface area contributed by atoms with Crippen LogP contribution in [0.1, 0.15) is 11.6 Å². The van der Waals surface area contributed by atoms with Gasteiger partial charge in [0.25, 0.3) is 0 Å². The Bertz CT molecular complexity index is 634. The van der Waals surface area contributed by atoms with E-state index < -0.39 is 33.7 Å². The zero-order valence-corrected chi connectivity index (χ0v) is 12.2. The summed E-state index contributed by atoms with van der Waals surface area (Å²) in [6.07, 6.45) is 0. The maximum Gasteiger partial charge on any atom is 0.323 e. The maximum atomic E-state index is 13.1. The molecule has 0 radical (unpaired) electrons. The van der Waals surface area contributed by atoms with Crippen molar-refractivity contribution in [1.82, 2.24) is 5.32 Å². The van der Waals surface area contributed by atoms with Gasteiger partial charge in [0.05, 0.1) is 23.6 Å². The second-order valence-corrected chi connectivity index (χ2v) is 7.11. The van der Waals surface area contributed by atoms with Crippen LogP contribution < -0.4 is 5.32 Å². The van der Waals surface area contributed by atoms with E-state index in [0.717, 1.165) is 6.07 Å². The Morgan fingerprint density at radius 1 is 1.45 bits per heavy atom. The SMILES string of the molecule is COC(=O)C1CS(=O)(=O)CC(c2ccc(F)c(Cl)c2)N1. The fourth-order valence-corrected chi connectivity index (χ4v) is 3.98. The van der Waals surface area contributed by atoms with Crippen molar-refractivity contribution in [3.05, 3.63) is 34.6 Å². The molecule has 1 aliphatic rings. The summed E-state index contributed by atoms with van der Waals surface area (Å²) in [6, 6.07) is 2.38. The second kappa shape index (κ2) is 5.67. The monoisotopic (exact) mass is 321 g/mol. The van der Waals surface area contributed by atoms with Crippen molar-refractivity contribution in [3.63, 3.8) is 0 Å². The summed E-state index contributed by atoms with van der Waals surface area (Å²) in [5.41, 5.74) is 0.508. The molecule has 0 saturated carbocycles. The molecule has 1 N–H and O–H groups in total. The summed E-state index contributed by atoms with van der Waals surface area (Å²) >= 11 is 5.69. The molecule has 110 valence electrons. The van der Waals surface area contributed by atoms with Gasteiger partial charge in [-0.3, -0.25) is 10.1 Å². The van der Waals surface area contributed by atoms with Crippen molar-refractivity contribution in [1.29, 1.82) is 0 Å². The summed E-state index contributed by atoms with van der Waals surface area (Å²) in [5, 5.41) is 2.79. The van der Waals surface area contributed by atoms with E-state index in [2.05, 4.69) is 10.1 Å². The summed E-state index contributed by atoms with van der Waals surface area (Å²) in [4.78, 5) is 11.5. The van der Waals surface area contributed by atoms with Crippen LogP contribution in [0.3, 0.4) is 0 Å². The molecule has 20 heavy (non-hydrogen) atoms. The summed E-state index contributed by atoms with van der Waals surface area (Å²) < 4.78 is 41.4. The lowest BCUT2D eigenvalue weighted by atomic mass is 10.1. The lowest BCUT2D eigenvalue weighted by Gasteiger charge is -2.29. The molecule has 2 atom stereocenters. The molecular weight excluding hydrogens is 309 g/mol. The van der Waals surface area contributed by atoms with Crippen LogP contribution in [-0.2, 0) is 19.4 Å². The van der Waals surface area contributed by atoms with Crippen LogP contribution >= 0.6 is 11.6 Å². The first kappa shape index (κ1) is 15.2. The van der Waals surface area contributed by atoms with Gasteiger partial charge in [-0.2, -0.15) is 0 Å². The van der Waals surface area contributed by atoms with Crippen LogP contribution in [0, 0.1) is 5.82 Å². The van der Waals surface area contributed by atoms with Gasteiger partial charge in [-0.1, -0.05) is 17.7 Å². The van der Waals surface area contributed by atoms with Crippen molar-refractivity contribution in [3.8, 4) is 0 Å². The third-order valence-electron chi connectivity index (χ3n) is 3.08. The van der Waals surface area contributed by atoms with Crippen molar-refractivity contribution in [2.45, 2.75) is 12.1 Å². The van der Waals surface area contributed by atoms with Crippen molar-refractivity contribution in [2.24, 2.45) is 0 Å². The highest BCUT2D eigenvalue weighted by Gasteiger charge is 2.36. The minimum Gasteiger partial charge on any atom is -0.468 e. The molecule has 1 aromatic rings. The normalized spacial score (nSPS) is 25.1. The van der Waals surface area contributed by atoms with Crippen LogP contribution in [-0.4, -0.2) is 39.0 Å². The number of hydrogen-bond acceptors (Lipinski definition) is 5. The van der Waals surface area contributed by atoms with E-state index in [4.69, 9.17) is 11.6 Å². The fraction of sp³-hybridized carbons (Fsp3) is 0.417.